The number of ketones is 1. The normalized spacial score (nSPS) is 25.2. The zero-order valence-electron chi connectivity index (χ0n) is 11.5. The van der Waals surface area contributed by atoms with Gasteiger partial charge in [-0.3, -0.25) is 9.59 Å². The highest BCUT2D eigenvalue weighted by atomic mass is 19.1. The molecule has 0 bridgehead atoms. The number of carbonyl (C=O) groups excluding carboxylic acids is 2. The minimum atomic E-state index is -0.518. The van der Waals surface area contributed by atoms with Crippen molar-refractivity contribution in [3.8, 4) is 0 Å². The second-order valence-electron chi connectivity index (χ2n) is 5.92. The van der Waals surface area contributed by atoms with Gasteiger partial charge in [-0.15, -0.1) is 0 Å². The summed E-state index contributed by atoms with van der Waals surface area (Å²) in [7, 11) is 0. The summed E-state index contributed by atoms with van der Waals surface area (Å²) in [6.07, 6.45) is 3.90. The molecule has 1 saturated carbocycles. The van der Waals surface area contributed by atoms with Gasteiger partial charge < -0.3 is 5.32 Å². The zero-order valence-corrected chi connectivity index (χ0v) is 11.5. The molecule has 1 amide bonds. The summed E-state index contributed by atoms with van der Waals surface area (Å²) in [4.78, 5) is 23.8. The Morgan fingerprint density at radius 1 is 1.30 bits per heavy atom. The molecule has 3 nitrogen and oxygen atoms in total. The van der Waals surface area contributed by atoms with Crippen LogP contribution in [0.1, 0.15) is 48.5 Å². The Morgan fingerprint density at radius 3 is 2.80 bits per heavy atom. The number of anilines is 1. The maximum absolute atomic E-state index is 14.2. The van der Waals surface area contributed by atoms with E-state index in [1.807, 2.05) is 0 Å². The molecule has 0 aromatic heterocycles. The first kappa shape index (κ1) is 13.3. The van der Waals surface area contributed by atoms with Gasteiger partial charge in [0, 0.05) is 18.0 Å². The van der Waals surface area contributed by atoms with Crippen LogP contribution in [0.5, 0.6) is 0 Å². The van der Waals surface area contributed by atoms with Gasteiger partial charge in [-0.05, 0) is 42.9 Å². The standard InChI is InChI=1S/C16H18FNO2/c1-9-3-2-4-11(9)16(20)12-7-10-5-6-15(19)18-14(10)8-13(12)17/h7-9,11H,2-6H2,1H3,(H,18,19). The van der Waals surface area contributed by atoms with Crippen molar-refractivity contribution in [2.45, 2.75) is 39.0 Å². The van der Waals surface area contributed by atoms with Gasteiger partial charge in [-0.2, -0.15) is 0 Å². The van der Waals surface area contributed by atoms with Crippen LogP contribution in [0.2, 0.25) is 0 Å². The van der Waals surface area contributed by atoms with Crippen LogP contribution in [0.15, 0.2) is 12.1 Å². The van der Waals surface area contributed by atoms with Gasteiger partial charge in [0.25, 0.3) is 0 Å². The van der Waals surface area contributed by atoms with Crippen molar-refractivity contribution in [3.05, 3.63) is 29.1 Å². The number of nitrogens with one attached hydrogen (secondary N) is 1. The van der Waals surface area contributed by atoms with Gasteiger partial charge in [0.1, 0.15) is 5.82 Å². The van der Waals surface area contributed by atoms with E-state index in [2.05, 4.69) is 12.2 Å². The quantitative estimate of drug-likeness (QED) is 0.841. The summed E-state index contributed by atoms with van der Waals surface area (Å²) in [5, 5.41) is 2.65. The predicted molar refractivity (Wildman–Crippen MR) is 74.2 cm³/mol. The van der Waals surface area contributed by atoms with Crippen LogP contribution < -0.4 is 5.32 Å². The van der Waals surface area contributed by atoms with E-state index < -0.39 is 5.82 Å². The van der Waals surface area contributed by atoms with Crippen molar-refractivity contribution in [1.29, 1.82) is 0 Å². The fraction of sp³-hybridized carbons (Fsp3) is 0.500. The Morgan fingerprint density at radius 2 is 2.10 bits per heavy atom. The van der Waals surface area contributed by atoms with Gasteiger partial charge in [0.2, 0.25) is 5.91 Å². The van der Waals surface area contributed by atoms with Crippen molar-refractivity contribution in [2.24, 2.45) is 11.8 Å². The number of fused-ring (bicyclic) bond motifs is 1. The Balaban J connectivity index is 1.94. The van der Waals surface area contributed by atoms with Crippen molar-refractivity contribution < 1.29 is 14.0 Å². The largest absolute Gasteiger partial charge is 0.326 e. The number of benzene rings is 1. The van der Waals surface area contributed by atoms with Crippen LogP contribution in [-0.4, -0.2) is 11.7 Å². The Kier molecular flexibility index (Phi) is 3.32. The first-order valence-electron chi connectivity index (χ1n) is 7.22. The fourth-order valence-corrected chi connectivity index (χ4v) is 3.33. The first-order valence-corrected chi connectivity index (χ1v) is 7.22. The summed E-state index contributed by atoms with van der Waals surface area (Å²) in [5.41, 5.74) is 1.56. The molecule has 1 fully saturated rings. The van der Waals surface area contributed by atoms with Gasteiger partial charge in [-0.1, -0.05) is 13.3 Å². The summed E-state index contributed by atoms with van der Waals surface area (Å²) in [5.74, 6) is -0.416. The summed E-state index contributed by atoms with van der Waals surface area (Å²) < 4.78 is 14.2. The third kappa shape index (κ3) is 2.23. The predicted octanol–water partition coefficient (Wildman–Crippen LogP) is 3.33. The molecule has 106 valence electrons. The molecule has 4 heteroatoms. The van der Waals surface area contributed by atoms with Gasteiger partial charge in [0.15, 0.2) is 5.78 Å². The molecule has 0 saturated heterocycles. The summed E-state index contributed by atoms with van der Waals surface area (Å²) in [6, 6.07) is 2.93. The van der Waals surface area contributed by atoms with Crippen LogP contribution in [0.3, 0.4) is 0 Å². The smallest absolute Gasteiger partial charge is 0.224 e. The zero-order chi connectivity index (χ0) is 14.3. The van der Waals surface area contributed by atoms with E-state index in [1.165, 1.54) is 6.07 Å². The second-order valence-corrected chi connectivity index (χ2v) is 5.92. The van der Waals surface area contributed by atoms with E-state index in [0.29, 0.717) is 24.4 Å². The molecule has 1 N–H and O–H groups in total. The van der Waals surface area contributed by atoms with E-state index in [4.69, 9.17) is 0 Å². The van der Waals surface area contributed by atoms with E-state index in [9.17, 15) is 14.0 Å². The minimum absolute atomic E-state index is 0.0549. The third-order valence-corrected chi connectivity index (χ3v) is 4.55. The van der Waals surface area contributed by atoms with Crippen LogP contribution in [0, 0.1) is 17.7 Å². The second kappa shape index (κ2) is 5.00. The fourth-order valence-electron chi connectivity index (χ4n) is 3.33. The number of hydrogen-bond donors (Lipinski definition) is 1. The molecule has 2 unspecified atom stereocenters. The van der Waals surface area contributed by atoms with E-state index in [0.717, 1.165) is 24.8 Å². The lowest BCUT2D eigenvalue weighted by Gasteiger charge is -2.20. The molecule has 1 aromatic rings. The Labute approximate surface area is 117 Å². The molecule has 20 heavy (non-hydrogen) atoms. The number of amides is 1. The van der Waals surface area contributed by atoms with Crippen LogP contribution in [0.25, 0.3) is 0 Å². The lowest BCUT2D eigenvalue weighted by atomic mass is 9.88. The van der Waals surface area contributed by atoms with Crippen molar-refractivity contribution in [1.82, 2.24) is 0 Å². The highest BCUT2D eigenvalue weighted by molar-refractivity contribution is 6.00. The number of hydrogen-bond acceptors (Lipinski definition) is 2. The van der Waals surface area contributed by atoms with E-state index in [1.54, 1.807) is 6.07 Å². The van der Waals surface area contributed by atoms with Crippen molar-refractivity contribution in [2.75, 3.05) is 5.32 Å². The Bertz CT molecular complexity index is 582. The van der Waals surface area contributed by atoms with Gasteiger partial charge in [-0.25, -0.2) is 4.39 Å². The highest BCUT2D eigenvalue weighted by Crippen LogP contribution is 2.35. The van der Waals surface area contributed by atoms with Crippen LogP contribution in [-0.2, 0) is 11.2 Å². The average molecular weight is 275 g/mol. The molecule has 0 radical (unpaired) electrons. The lowest BCUT2D eigenvalue weighted by Crippen LogP contribution is -2.22. The topological polar surface area (TPSA) is 46.2 Å². The number of Topliss-reactive ketones (excluding diaryl/α,β-unsaturated/α-hetero) is 1. The molecule has 2 atom stereocenters. The lowest BCUT2D eigenvalue weighted by molar-refractivity contribution is -0.116. The molecule has 3 rings (SSSR count). The molecular weight excluding hydrogens is 257 g/mol. The maximum Gasteiger partial charge on any atom is 0.224 e. The maximum atomic E-state index is 14.2. The monoisotopic (exact) mass is 275 g/mol. The molecule has 1 aromatic carbocycles. The summed E-state index contributed by atoms with van der Waals surface area (Å²) in [6.45, 7) is 2.06. The van der Waals surface area contributed by atoms with Crippen molar-refractivity contribution >= 4 is 17.4 Å². The number of rotatable bonds is 2. The minimum Gasteiger partial charge on any atom is -0.326 e. The van der Waals surface area contributed by atoms with Crippen LogP contribution >= 0.6 is 0 Å². The SMILES string of the molecule is CC1CCCC1C(=O)c1cc2c(cc1F)NC(=O)CC2. The number of carbonyl (C=O) groups is 2. The van der Waals surface area contributed by atoms with Crippen molar-refractivity contribution in [3.63, 3.8) is 0 Å². The Hall–Kier alpha value is -1.71. The molecule has 1 aliphatic heterocycles. The molecule has 2 aliphatic rings. The molecule has 0 spiro atoms. The van der Waals surface area contributed by atoms with E-state index in [-0.39, 0.29) is 23.2 Å². The number of halogens is 1. The third-order valence-electron chi connectivity index (χ3n) is 4.55. The number of aryl methyl sites for hydroxylation is 1. The molecule has 1 aliphatic carbocycles. The molecular formula is C16H18FNO2. The first-order chi connectivity index (χ1) is 9.56. The van der Waals surface area contributed by atoms with Gasteiger partial charge >= 0.3 is 0 Å². The van der Waals surface area contributed by atoms with Gasteiger partial charge in [0.05, 0.1) is 5.56 Å². The van der Waals surface area contributed by atoms with Crippen LogP contribution in [0.4, 0.5) is 10.1 Å². The highest BCUT2D eigenvalue weighted by Gasteiger charge is 2.32. The summed E-state index contributed by atoms with van der Waals surface area (Å²) >= 11 is 0. The average Bonchev–Trinajstić information content (AvgIpc) is 2.83. The molecule has 1 heterocycles. The van der Waals surface area contributed by atoms with E-state index >= 15 is 0 Å².